The third-order valence-electron chi connectivity index (χ3n) is 3.27. The molecule has 100 valence electrons. The lowest BCUT2D eigenvalue weighted by atomic mass is 9.88. The summed E-state index contributed by atoms with van der Waals surface area (Å²) < 4.78 is 5.63. The number of hydrogen-bond acceptors (Lipinski definition) is 4. The number of hydrogen-bond donors (Lipinski definition) is 1. The predicted octanol–water partition coefficient (Wildman–Crippen LogP) is 2.22. The van der Waals surface area contributed by atoms with Crippen molar-refractivity contribution in [3.05, 3.63) is 0 Å². The second-order valence-corrected chi connectivity index (χ2v) is 6.47. The molecule has 1 fully saturated rings. The molecular formula is C13H20N2O2S. The Morgan fingerprint density at radius 1 is 1.61 bits per heavy atom. The van der Waals surface area contributed by atoms with Gasteiger partial charge in [-0.3, -0.25) is 9.79 Å². The van der Waals surface area contributed by atoms with Crippen LogP contribution in [0.1, 0.15) is 46.5 Å². The molecule has 1 amide bonds. The van der Waals surface area contributed by atoms with Crippen LogP contribution in [-0.2, 0) is 9.53 Å². The molecule has 1 unspecified atom stereocenters. The first kappa shape index (κ1) is 13.5. The Morgan fingerprint density at radius 2 is 2.28 bits per heavy atom. The van der Waals surface area contributed by atoms with Gasteiger partial charge in [0, 0.05) is 6.42 Å². The Morgan fingerprint density at radius 3 is 2.72 bits per heavy atom. The van der Waals surface area contributed by atoms with Crippen LogP contribution in [0.4, 0.5) is 0 Å². The van der Waals surface area contributed by atoms with Crippen LogP contribution < -0.4 is 5.32 Å². The average molecular weight is 268 g/mol. The van der Waals surface area contributed by atoms with Crippen molar-refractivity contribution in [1.82, 2.24) is 5.32 Å². The number of carbonyl (C=O) groups excluding carboxylic acids is 1. The molecule has 1 aliphatic heterocycles. The molecule has 0 spiro atoms. The maximum absolute atomic E-state index is 12.0. The van der Waals surface area contributed by atoms with Crippen molar-refractivity contribution in [3.63, 3.8) is 0 Å². The van der Waals surface area contributed by atoms with Crippen molar-refractivity contribution in [2.45, 2.75) is 57.6 Å². The smallest absolute Gasteiger partial charge is 0.253 e. The zero-order valence-electron chi connectivity index (χ0n) is 11.2. The van der Waals surface area contributed by atoms with E-state index >= 15 is 0 Å². The molecule has 1 N–H and O–H groups in total. The van der Waals surface area contributed by atoms with Crippen LogP contribution in [0.3, 0.4) is 0 Å². The van der Waals surface area contributed by atoms with Crippen molar-refractivity contribution in [2.24, 2.45) is 10.9 Å². The normalized spacial score (nSPS) is 27.2. The second kappa shape index (κ2) is 4.61. The highest BCUT2D eigenvalue weighted by molar-refractivity contribution is 7.80. The predicted molar refractivity (Wildman–Crippen MR) is 74.8 cm³/mol. The molecule has 1 aliphatic carbocycles. The van der Waals surface area contributed by atoms with E-state index in [4.69, 9.17) is 17.0 Å². The molecular weight excluding hydrogens is 248 g/mol. The topological polar surface area (TPSA) is 50.7 Å². The third kappa shape index (κ3) is 2.88. The zero-order valence-corrected chi connectivity index (χ0v) is 12.0. The fourth-order valence-corrected chi connectivity index (χ4v) is 2.66. The average Bonchev–Trinajstić information content (AvgIpc) is 3.00. The molecule has 1 atom stereocenters. The van der Waals surface area contributed by atoms with Gasteiger partial charge >= 0.3 is 0 Å². The highest BCUT2D eigenvalue weighted by Crippen LogP contribution is 2.46. The number of carbonyl (C=O) groups is 1. The summed E-state index contributed by atoms with van der Waals surface area (Å²) in [6.07, 6.45) is 4.94. The van der Waals surface area contributed by atoms with Crippen LogP contribution in [0.5, 0.6) is 0 Å². The van der Waals surface area contributed by atoms with Gasteiger partial charge < -0.3 is 10.1 Å². The Balaban J connectivity index is 1.93. The Kier molecular flexibility index (Phi) is 3.45. The van der Waals surface area contributed by atoms with E-state index in [0.717, 1.165) is 12.8 Å². The highest BCUT2D eigenvalue weighted by Gasteiger charge is 2.52. The van der Waals surface area contributed by atoms with Crippen LogP contribution in [0, 0.1) is 5.92 Å². The van der Waals surface area contributed by atoms with E-state index in [1.54, 1.807) is 0 Å². The largest absolute Gasteiger partial charge is 0.482 e. The summed E-state index contributed by atoms with van der Waals surface area (Å²) in [5.74, 6) is 0.400. The van der Waals surface area contributed by atoms with Crippen LogP contribution in [0.25, 0.3) is 0 Å². The first-order valence-electron chi connectivity index (χ1n) is 6.40. The summed E-state index contributed by atoms with van der Waals surface area (Å²) in [6, 6.07) is 0. The summed E-state index contributed by atoms with van der Waals surface area (Å²) >= 11 is 5.23. The number of nitrogens with one attached hydrogen (secondary N) is 1. The van der Waals surface area contributed by atoms with Gasteiger partial charge in [-0.05, 0) is 58.2 Å². The van der Waals surface area contributed by atoms with Gasteiger partial charge in [-0.25, -0.2) is 0 Å². The van der Waals surface area contributed by atoms with E-state index in [9.17, 15) is 4.79 Å². The first-order valence-corrected chi connectivity index (χ1v) is 6.81. The van der Waals surface area contributed by atoms with Gasteiger partial charge in [0.25, 0.3) is 5.91 Å². The Labute approximate surface area is 113 Å². The molecule has 1 heterocycles. The lowest BCUT2D eigenvalue weighted by Gasteiger charge is -2.26. The molecule has 1 saturated carbocycles. The number of nitrogens with zero attached hydrogens (tertiary/aromatic N) is 1. The van der Waals surface area contributed by atoms with Crippen molar-refractivity contribution < 1.29 is 9.53 Å². The van der Waals surface area contributed by atoms with Gasteiger partial charge in [-0.1, -0.05) is 0 Å². The van der Waals surface area contributed by atoms with Gasteiger partial charge in [-0.15, -0.1) is 0 Å². The molecule has 0 bridgehead atoms. The third-order valence-corrected chi connectivity index (χ3v) is 3.55. The highest BCUT2D eigenvalue weighted by atomic mass is 32.1. The molecule has 0 aromatic heterocycles. The van der Waals surface area contributed by atoms with Crippen molar-refractivity contribution in [3.8, 4) is 0 Å². The lowest BCUT2D eigenvalue weighted by molar-refractivity contribution is -0.124. The van der Waals surface area contributed by atoms with E-state index in [1.165, 1.54) is 6.34 Å². The van der Waals surface area contributed by atoms with Crippen LogP contribution >= 0.6 is 12.2 Å². The van der Waals surface area contributed by atoms with Gasteiger partial charge in [0.2, 0.25) is 0 Å². The lowest BCUT2D eigenvalue weighted by Crippen LogP contribution is -2.41. The minimum absolute atomic E-state index is 0.0172. The molecule has 5 heteroatoms. The summed E-state index contributed by atoms with van der Waals surface area (Å²) in [6.45, 7) is 5.91. The summed E-state index contributed by atoms with van der Waals surface area (Å²) in [7, 11) is 0. The molecule has 4 nitrogen and oxygen atoms in total. The van der Waals surface area contributed by atoms with Gasteiger partial charge in [0.1, 0.15) is 11.1 Å². The number of ether oxygens (including phenoxy) is 1. The molecule has 0 aromatic rings. The minimum atomic E-state index is -0.578. The molecule has 2 rings (SSSR count). The van der Waals surface area contributed by atoms with E-state index in [2.05, 4.69) is 10.3 Å². The first-order chi connectivity index (χ1) is 8.33. The van der Waals surface area contributed by atoms with Crippen LogP contribution in [0.15, 0.2) is 4.99 Å². The standard InChI is InChI=1S/C13H20N2O2S/c1-12(2,3)17-10(18)6-7-13(9-4-5-9)11(16)14-8-15-13/h8-9H,4-7H2,1-3H3,(H,14,15,16). The number of thiocarbonyl (C=S) groups is 1. The SMILES string of the molecule is CC(C)(C)OC(=S)CCC1(C2CC2)N=CNC1=O. The van der Waals surface area contributed by atoms with Gasteiger partial charge in [-0.2, -0.15) is 0 Å². The Bertz CT molecular complexity index is 396. The molecule has 18 heavy (non-hydrogen) atoms. The van der Waals surface area contributed by atoms with E-state index in [1.807, 2.05) is 20.8 Å². The summed E-state index contributed by atoms with van der Waals surface area (Å²) in [5, 5.41) is 3.26. The zero-order chi connectivity index (χ0) is 13.4. The van der Waals surface area contributed by atoms with E-state index in [0.29, 0.717) is 23.8 Å². The van der Waals surface area contributed by atoms with E-state index < -0.39 is 5.54 Å². The molecule has 2 aliphatic rings. The van der Waals surface area contributed by atoms with Crippen LogP contribution in [-0.4, -0.2) is 28.4 Å². The maximum Gasteiger partial charge on any atom is 0.253 e. The fourth-order valence-electron chi connectivity index (χ4n) is 2.31. The molecule has 0 saturated heterocycles. The van der Waals surface area contributed by atoms with Crippen LogP contribution in [0.2, 0.25) is 0 Å². The quantitative estimate of drug-likeness (QED) is 0.795. The van der Waals surface area contributed by atoms with Crippen molar-refractivity contribution in [2.75, 3.05) is 0 Å². The van der Waals surface area contributed by atoms with E-state index in [-0.39, 0.29) is 11.5 Å². The van der Waals surface area contributed by atoms with Crippen molar-refractivity contribution >= 4 is 29.5 Å². The second-order valence-electron chi connectivity index (χ2n) is 6.02. The van der Waals surface area contributed by atoms with Gasteiger partial charge in [0.15, 0.2) is 5.05 Å². The number of aliphatic imine (C=N–C) groups is 1. The summed E-state index contributed by atoms with van der Waals surface area (Å²) in [4.78, 5) is 16.3. The minimum Gasteiger partial charge on any atom is -0.482 e. The van der Waals surface area contributed by atoms with Gasteiger partial charge in [0.05, 0.1) is 6.34 Å². The van der Waals surface area contributed by atoms with Crippen molar-refractivity contribution in [1.29, 1.82) is 0 Å². The fraction of sp³-hybridized carbons (Fsp3) is 0.769. The molecule has 0 radical (unpaired) electrons. The maximum atomic E-state index is 12.0. The Hall–Kier alpha value is -0.970. The number of amides is 1. The number of rotatable bonds is 4. The summed E-state index contributed by atoms with van der Waals surface area (Å²) in [5.41, 5.74) is -0.851. The molecule has 0 aromatic carbocycles. The monoisotopic (exact) mass is 268 g/mol.